The van der Waals surface area contributed by atoms with Crippen LogP contribution in [0, 0.1) is 0 Å². The maximum absolute atomic E-state index is 12.8. The van der Waals surface area contributed by atoms with Crippen LogP contribution in [0.5, 0.6) is 0 Å². The summed E-state index contributed by atoms with van der Waals surface area (Å²) in [5, 5.41) is 3.04. The Bertz CT molecular complexity index is 864. The number of H-pyrrole nitrogens is 1. The molecule has 0 aliphatic carbocycles. The van der Waals surface area contributed by atoms with Gasteiger partial charge in [-0.3, -0.25) is 0 Å². The number of thioether (sulfide) groups is 1. The molecule has 1 aromatic carbocycles. The van der Waals surface area contributed by atoms with E-state index in [0.717, 1.165) is 29.0 Å². The number of fused-ring (bicyclic) bond motifs is 1. The summed E-state index contributed by atoms with van der Waals surface area (Å²) in [5.41, 5.74) is 0.840. The number of aromatic amines is 1. The van der Waals surface area contributed by atoms with Gasteiger partial charge in [0.15, 0.2) is 0 Å². The van der Waals surface area contributed by atoms with Gasteiger partial charge in [0, 0.05) is 6.20 Å². The van der Waals surface area contributed by atoms with Gasteiger partial charge in [-0.05, 0) is 36.6 Å². The van der Waals surface area contributed by atoms with Crippen LogP contribution in [0.2, 0.25) is 5.02 Å². The van der Waals surface area contributed by atoms with Gasteiger partial charge in [0.05, 0.1) is 27.7 Å². The number of nitrogens with zero attached hydrogens (tertiary/aromatic N) is 2. The minimum atomic E-state index is -4.48. The van der Waals surface area contributed by atoms with Crippen molar-refractivity contribution in [1.29, 1.82) is 0 Å². The summed E-state index contributed by atoms with van der Waals surface area (Å²) in [7, 11) is 0. The van der Waals surface area contributed by atoms with E-state index in [1.54, 1.807) is 11.8 Å². The fourth-order valence-electron chi connectivity index (χ4n) is 2.51. The van der Waals surface area contributed by atoms with Crippen LogP contribution < -0.4 is 5.32 Å². The quantitative estimate of drug-likeness (QED) is 0.570. The number of hydrogen-bond acceptors (Lipinski definition) is 4. The lowest BCUT2D eigenvalue weighted by molar-refractivity contribution is -0.137. The number of benzene rings is 1. The molecule has 2 N–H and O–H groups in total. The minimum Gasteiger partial charge on any atom is -0.359 e. The van der Waals surface area contributed by atoms with Gasteiger partial charge in [0.25, 0.3) is 0 Å². The Hall–Kier alpha value is -1.93. The Balaban J connectivity index is 1.89. The molecule has 1 atom stereocenters. The summed E-state index contributed by atoms with van der Waals surface area (Å²) < 4.78 is 38.3. The molecule has 0 aliphatic rings. The third kappa shape index (κ3) is 4.24. The number of rotatable bonds is 6. The van der Waals surface area contributed by atoms with E-state index >= 15 is 0 Å². The Morgan fingerprint density at radius 1 is 1.31 bits per heavy atom. The molecule has 0 spiro atoms. The van der Waals surface area contributed by atoms with E-state index in [4.69, 9.17) is 11.6 Å². The average Bonchev–Trinajstić information content (AvgIpc) is 3.02. The van der Waals surface area contributed by atoms with Crippen molar-refractivity contribution < 1.29 is 13.2 Å². The maximum Gasteiger partial charge on any atom is 0.417 e. The molecule has 0 saturated heterocycles. The van der Waals surface area contributed by atoms with E-state index in [9.17, 15) is 13.2 Å². The molecule has 0 fully saturated rings. The van der Waals surface area contributed by atoms with E-state index < -0.39 is 11.7 Å². The van der Waals surface area contributed by atoms with Gasteiger partial charge in [-0.1, -0.05) is 23.7 Å². The highest BCUT2D eigenvalue weighted by molar-refractivity contribution is 7.98. The van der Waals surface area contributed by atoms with Crippen molar-refractivity contribution >= 4 is 40.2 Å². The summed E-state index contributed by atoms with van der Waals surface area (Å²) in [6.45, 7) is 0. The van der Waals surface area contributed by atoms with Gasteiger partial charge in [-0.2, -0.15) is 24.9 Å². The topological polar surface area (TPSA) is 53.6 Å². The van der Waals surface area contributed by atoms with Gasteiger partial charge in [0.2, 0.25) is 0 Å². The molecule has 1 unspecified atom stereocenters. The number of hydrogen-bond donors (Lipinski definition) is 2. The summed E-state index contributed by atoms with van der Waals surface area (Å²) in [6, 6.07) is 8.23. The molecule has 3 aromatic rings. The Morgan fingerprint density at radius 3 is 2.73 bits per heavy atom. The molecule has 3 rings (SSSR count). The van der Waals surface area contributed by atoms with Gasteiger partial charge < -0.3 is 10.3 Å². The number of anilines is 1. The molecule has 0 aliphatic heterocycles. The van der Waals surface area contributed by atoms with Crippen LogP contribution in [0.15, 0.2) is 36.5 Å². The number of aromatic nitrogens is 3. The van der Waals surface area contributed by atoms with Crippen molar-refractivity contribution in [2.75, 3.05) is 17.3 Å². The van der Waals surface area contributed by atoms with Crippen LogP contribution in [0.3, 0.4) is 0 Å². The van der Waals surface area contributed by atoms with Crippen LogP contribution >= 0.6 is 23.4 Å². The van der Waals surface area contributed by atoms with Gasteiger partial charge in [0.1, 0.15) is 11.6 Å². The molecule has 2 heterocycles. The molecule has 9 heteroatoms. The molecule has 26 heavy (non-hydrogen) atoms. The van der Waals surface area contributed by atoms with Crippen LogP contribution in [-0.2, 0) is 6.18 Å². The van der Waals surface area contributed by atoms with Crippen molar-refractivity contribution in [1.82, 2.24) is 15.0 Å². The number of nitrogens with one attached hydrogen (secondary N) is 2. The first-order valence-electron chi connectivity index (χ1n) is 7.81. The predicted octanol–water partition coefficient (Wildman–Crippen LogP) is 5.54. The summed E-state index contributed by atoms with van der Waals surface area (Å²) in [4.78, 5) is 11.7. The fourth-order valence-corrected chi connectivity index (χ4v) is 3.21. The van der Waals surface area contributed by atoms with E-state index in [0.29, 0.717) is 12.2 Å². The van der Waals surface area contributed by atoms with Crippen LogP contribution in [0.4, 0.5) is 19.0 Å². The zero-order valence-electron chi connectivity index (χ0n) is 13.8. The summed E-state index contributed by atoms with van der Waals surface area (Å²) >= 11 is 7.69. The van der Waals surface area contributed by atoms with E-state index in [1.807, 2.05) is 30.5 Å². The lowest BCUT2D eigenvalue weighted by Crippen LogP contribution is -2.15. The highest BCUT2D eigenvalue weighted by Crippen LogP contribution is 2.34. The smallest absolute Gasteiger partial charge is 0.359 e. The van der Waals surface area contributed by atoms with Crippen LogP contribution in [0.1, 0.15) is 23.9 Å². The second-order valence-electron chi connectivity index (χ2n) is 5.67. The second-order valence-corrected chi connectivity index (χ2v) is 7.06. The second kappa shape index (κ2) is 7.75. The Labute approximate surface area is 157 Å². The number of para-hydroxylation sites is 2. The molecule has 2 aromatic heterocycles. The van der Waals surface area contributed by atoms with Crippen molar-refractivity contribution in [3.8, 4) is 0 Å². The average molecular weight is 401 g/mol. The first-order chi connectivity index (χ1) is 12.4. The lowest BCUT2D eigenvalue weighted by atomic mass is 10.2. The Kier molecular flexibility index (Phi) is 5.62. The zero-order chi connectivity index (χ0) is 18.7. The standard InChI is InChI=1S/C17H16ClF3N4S/c1-26-7-6-14(16-23-12-4-2-3-5-13(12)24-16)25-15-11(18)8-10(9-22-15)17(19,20)21/h2-5,8-9,14H,6-7H2,1H3,(H,22,25)(H,23,24). The molecular formula is C17H16ClF3N4S. The lowest BCUT2D eigenvalue weighted by Gasteiger charge is -2.18. The highest BCUT2D eigenvalue weighted by atomic mass is 35.5. The van der Waals surface area contributed by atoms with Gasteiger partial charge >= 0.3 is 6.18 Å². The zero-order valence-corrected chi connectivity index (χ0v) is 15.3. The molecular weight excluding hydrogens is 385 g/mol. The minimum absolute atomic E-state index is 0.0786. The molecule has 138 valence electrons. The molecule has 0 bridgehead atoms. The number of imidazole rings is 1. The van der Waals surface area contributed by atoms with E-state index in [2.05, 4.69) is 20.3 Å². The largest absolute Gasteiger partial charge is 0.417 e. The van der Waals surface area contributed by atoms with Gasteiger partial charge in [-0.15, -0.1) is 0 Å². The monoisotopic (exact) mass is 400 g/mol. The van der Waals surface area contributed by atoms with E-state index in [-0.39, 0.29) is 16.9 Å². The SMILES string of the molecule is CSCCC(Nc1ncc(C(F)(F)F)cc1Cl)c1nc2ccccc2[nH]1. The third-order valence-corrected chi connectivity index (χ3v) is 4.76. The highest BCUT2D eigenvalue weighted by Gasteiger charge is 2.31. The first-order valence-corrected chi connectivity index (χ1v) is 9.58. The predicted molar refractivity (Wildman–Crippen MR) is 99.7 cm³/mol. The molecule has 0 amide bonds. The summed E-state index contributed by atoms with van der Waals surface area (Å²) in [5.74, 6) is 1.73. The first kappa shape index (κ1) is 18.8. The summed E-state index contributed by atoms with van der Waals surface area (Å²) in [6.07, 6.45) is -1.01. The van der Waals surface area contributed by atoms with E-state index in [1.165, 1.54) is 0 Å². The molecule has 0 saturated carbocycles. The maximum atomic E-state index is 12.8. The van der Waals surface area contributed by atoms with Crippen molar-refractivity contribution in [3.63, 3.8) is 0 Å². The van der Waals surface area contributed by atoms with Crippen molar-refractivity contribution in [2.45, 2.75) is 18.6 Å². The van der Waals surface area contributed by atoms with Crippen molar-refractivity contribution in [2.24, 2.45) is 0 Å². The number of halogens is 4. The number of pyridine rings is 1. The molecule has 4 nitrogen and oxygen atoms in total. The van der Waals surface area contributed by atoms with Gasteiger partial charge in [-0.25, -0.2) is 9.97 Å². The van der Waals surface area contributed by atoms with Crippen LogP contribution in [-0.4, -0.2) is 27.0 Å². The Morgan fingerprint density at radius 2 is 2.08 bits per heavy atom. The van der Waals surface area contributed by atoms with Crippen LogP contribution in [0.25, 0.3) is 11.0 Å². The normalized spacial score (nSPS) is 13.1. The number of alkyl halides is 3. The van der Waals surface area contributed by atoms with Crippen molar-refractivity contribution in [3.05, 3.63) is 52.9 Å². The fraction of sp³-hybridized carbons (Fsp3) is 0.294. The third-order valence-electron chi connectivity index (χ3n) is 3.83. The molecule has 0 radical (unpaired) electrons.